The number of benzene rings is 1. The average Bonchev–Trinajstić information content (AvgIpc) is 2.40. The van der Waals surface area contributed by atoms with Gasteiger partial charge in [0.25, 0.3) is 0 Å². The highest BCUT2D eigenvalue weighted by Gasteiger charge is 2.17. The second-order valence-electron chi connectivity index (χ2n) is 4.47. The van der Waals surface area contributed by atoms with Gasteiger partial charge in [-0.2, -0.15) is 0 Å². The molecule has 1 unspecified atom stereocenters. The van der Waals surface area contributed by atoms with Gasteiger partial charge in [-0.15, -0.1) is 0 Å². The van der Waals surface area contributed by atoms with Crippen molar-refractivity contribution in [3.8, 4) is 11.5 Å². The molecule has 0 bridgehead atoms. The second-order valence-corrected chi connectivity index (χ2v) is 4.47. The van der Waals surface area contributed by atoms with Crippen LogP contribution >= 0.6 is 0 Å². The number of phenols is 1. The molecule has 1 N–H and O–H groups in total. The van der Waals surface area contributed by atoms with E-state index in [1.54, 1.807) is 6.92 Å². The van der Waals surface area contributed by atoms with Crippen LogP contribution in [0.2, 0.25) is 0 Å². The maximum absolute atomic E-state index is 11.9. The van der Waals surface area contributed by atoms with Crippen LogP contribution in [0.3, 0.4) is 0 Å². The van der Waals surface area contributed by atoms with E-state index in [1.165, 1.54) is 25.1 Å². The Balaban J connectivity index is 2.94. The normalized spacial score (nSPS) is 11.6. The van der Waals surface area contributed by atoms with E-state index in [0.717, 1.165) is 0 Å². The molecular formula is C15H18O5. The Morgan fingerprint density at radius 2 is 2.05 bits per heavy atom. The fraction of sp³-hybridized carbons (Fsp3) is 0.333. The zero-order valence-electron chi connectivity index (χ0n) is 11.8. The molecule has 1 rings (SSSR count). The Morgan fingerprint density at radius 1 is 1.40 bits per heavy atom. The number of phenolic OH excluding ortho intramolecular Hbond substituents is 1. The lowest BCUT2D eigenvalue weighted by Gasteiger charge is -2.12. The van der Waals surface area contributed by atoms with Crippen molar-refractivity contribution in [2.75, 3.05) is 0 Å². The van der Waals surface area contributed by atoms with Crippen molar-refractivity contribution in [1.29, 1.82) is 0 Å². The van der Waals surface area contributed by atoms with E-state index >= 15 is 0 Å². The second kappa shape index (κ2) is 6.75. The van der Waals surface area contributed by atoms with E-state index < -0.39 is 11.9 Å². The van der Waals surface area contributed by atoms with Gasteiger partial charge in [-0.25, -0.2) is 9.59 Å². The zero-order valence-corrected chi connectivity index (χ0v) is 11.8. The molecule has 0 aliphatic carbocycles. The molecule has 20 heavy (non-hydrogen) atoms. The third kappa shape index (κ3) is 4.12. The molecule has 0 spiro atoms. The van der Waals surface area contributed by atoms with Gasteiger partial charge in [-0.1, -0.05) is 13.5 Å². The molecule has 5 heteroatoms. The van der Waals surface area contributed by atoms with Crippen LogP contribution in [0.4, 0.5) is 0 Å². The lowest BCUT2D eigenvalue weighted by Crippen LogP contribution is -2.14. The van der Waals surface area contributed by atoms with Crippen molar-refractivity contribution in [3.63, 3.8) is 0 Å². The number of carbonyl (C=O) groups is 2. The molecule has 1 aromatic carbocycles. The van der Waals surface area contributed by atoms with E-state index in [9.17, 15) is 14.7 Å². The van der Waals surface area contributed by atoms with Crippen molar-refractivity contribution >= 4 is 11.9 Å². The Labute approximate surface area is 117 Å². The monoisotopic (exact) mass is 278 g/mol. The first kappa shape index (κ1) is 15.8. The summed E-state index contributed by atoms with van der Waals surface area (Å²) in [5.74, 6) is -1.35. The van der Waals surface area contributed by atoms with Crippen LogP contribution in [0.25, 0.3) is 0 Å². The number of carbonyl (C=O) groups excluding carboxylic acids is 2. The molecule has 0 heterocycles. The summed E-state index contributed by atoms with van der Waals surface area (Å²) < 4.78 is 10.1. The van der Waals surface area contributed by atoms with Crippen LogP contribution in [-0.4, -0.2) is 23.1 Å². The summed E-state index contributed by atoms with van der Waals surface area (Å²) in [5, 5.41) is 9.68. The fourth-order valence-corrected chi connectivity index (χ4v) is 1.27. The summed E-state index contributed by atoms with van der Waals surface area (Å²) in [6, 6.07) is 3.92. The van der Waals surface area contributed by atoms with Gasteiger partial charge in [0.2, 0.25) is 0 Å². The Bertz CT molecular complexity index is 533. The third-order valence-electron chi connectivity index (χ3n) is 2.63. The van der Waals surface area contributed by atoms with Gasteiger partial charge in [0.05, 0.1) is 6.10 Å². The average molecular weight is 278 g/mol. The highest BCUT2D eigenvalue weighted by Crippen LogP contribution is 2.24. The minimum Gasteiger partial charge on any atom is -0.507 e. The summed E-state index contributed by atoms with van der Waals surface area (Å²) in [7, 11) is 0. The predicted octanol–water partition coefficient (Wildman–Crippen LogP) is 2.83. The molecule has 0 aliphatic rings. The molecule has 0 radical (unpaired) electrons. The molecule has 0 saturated carbocycles. The first-order valence-electron chi connectivity index (χ1n) is 6.26. The first-order valence-corrected chi connectivity index (χ1v) is 6.26. The van der Waals surface area contributed by atoms with Gasteiger partial charge < -0.3 is 14.6 Å². The Kier molecular flexibility index (Phi) is 5.32. The maximum Gasteiger partial charge on any atom is 0.342 e. The van der Waals surface area contributed by atoms with Crippen molar-refractivity contribution in [3.05, 3.63) is 35.9 Å². The quantitative estimate of drug-likeness (QED) is 0.509. The topological polar surface area (TPSA) is 72.8 Å². The van der Waals surface area contributed by atoms with Crippen molar-refractivity contribution < 1.29 is 24.2 Å². The van der Waals surface area contributed by atoms with E-state index in [2.05, 4.69) is 6.58 Å². The highest BCUT2D eigenvalue weighted by atomic mass is 16.5. The van der Waals surface area contributed by atoms with E-state index in [1.807, 2.05) is 6.92 Å². The SMILES string of the molecule is C=C(C)C(=O)Oc1ccc(O)c(C(=O)OC(C)CC)c1. The number of esters is 2. The van der Waals surface area contributed by atoms with Crippen LogP contribution in [0.15, 0.2) is 30.4 Å². The molecule has 1 aromatic rings. The van der Waals surface area contributed by atoms with Crippen LogP contribution in [-0.2, 0) is 9.53 Å². The fourth-order valence-electron chi connectivity index (χ4n) is 1.27. The minimum atomic E-state index is -0.662. The summed E-state index contributed by atoms with van der Waals surface area (Å²) in [6.07, 6.45) is 0.403. The lowest BCUT2D eigenvalue weighted by molar-refractivity contribution is -0.130. The van der Waals surface area contributed by atoms with E-state index in [4.69, 9.17) is 9.47 Å². The van der Waals surface area contributed by atoms with Crippen LogP contribution in [0.1, 0.15) is 37.6 Å². The Morgan fingerprint density at radius 3 is 2.60 bits per heavy atom. The molecule has 108 valence electrons. The maximum atomic E-state index is 11.9. The lowest BCUT2D eigenvalue weighted by atomic mass is 10.2. The minimum absolute atomic E-state index is 0.0442. The number of rotatable bonds is 5. The van der Waals surface area contributed by atoms with Crippen molar-refractivity contribution in [1.82, 2.24) is 0 Å². The highest BCUT2D eigenvalue weighted by molar-refractivity contribution is 5.94. The van der Waals surface area contributed by atoms with Crippen LogP contribution in [0, 0.1) is 0 Å². The summed E-state index contributed by atoms with van der Waals surface area (Å²) in [5.41, 5.74) is 0.194. The van der Waals surface area contributed by atoms with Crippen molar-refractivity contribution in [2.45, 2.75) is 33.3 Å². The number of ether oxygens (including phenoxy) is 2. The first-order chi connectivity index (χ1) is 9.35. The summed E-state index contributed by atoms with van der Waals surface area (Å²) in [6.45, 7) is 8.60. The van der Waals surface area contributed by atoms with Crippen molar-refractivity contribution in [2.24, 2.45) is 0 Å². The zero-order chi connectivity index (χ0) is 15.3. The van der Waals surface area contributed by atoms with E-state index in [-0.39, 0.29) is 28.7 Å². The van der Waals surface area contributed by atoms with Gasteiger partial charge in [-0.05, 0) is 38.5 Å². The molecule has 1 atom stereocenters. The standard InChI is InChI=1S/C15H18O5/c1-5-10(4)19-15(18)12-8-11(6-7-13(12)16)20-14(17)9(2)3/h6-8,10,16H,2,5H2,1,3-4H3. The number of aromatic hydroxyl groups is 1. The molecular weight excluding hydrogens is 260 g/mol. The Hall–Kier alpha value is -2.30. The number of hydrogen-bond donors (Lipinski definition) is 1. The van der Waals surface area contributed by atoms with Gasteiger partial charge in [-0.3, -0.25) is 0 Å². The number of hydrogen-bond acceptors (Lipinski definition) is 5. The van der Waals surface area contributed by atoms with Crippen LogP contribution in [0.5, 0.6) is 11.5 Å². The molecule has 0 aromatic heterocycles. The molecule has 5 nitrogen and oxygen atoms in total. The third-order valence-corrected chi connectivity index (χ3v) is 2.63. The van der Waals surface area contributed by atoms with Crippen LogP contribution < -0.4 is 4.74 Å². The van der Waals surface area contributed by atoms with Gasteiger partial charge >= 0.3 is 11.9 Å². The summed E-state index contributed by atoms with van der Waals surface area (Å²) in [4.78, 5) is 23.3. The van der Waals surface area contributed by atoms with Gasteiger partial charge in [0.15, 0.2) is 0 Å². The molecule has 0 fully saturated rings. The predicted molar refractivity (Wildman–Crippen MR) is 73.7 cm³/mol. The molecule has 0 saturated heterocycles. The molecule has 0 amide bonds. The van der Waals surface area contributed by atoms with Gasteiger partial charge in [0.1, 0.15) is 17.1 Å². The van der Waals surface area contributed by atoms with Gasteiger partial charge in [0, 0.05) is 5.57 Å². The smallest absolute Gasteiger partial charge is 0.342 e. The summed E-state index contributed by atoms with van der Waals surface area (Å²) >= 11 is 0. The van der Waals surface area contributed by atoms with E-state index in [0.29, 0.717) is 6.42 Å². The molecule has 0 aliphatic heterocycles. The largest absolute Gasteiger partial charge is 0.507 e.